The van der Waals surface area contributed by atoms with E-state index in [4.69, 9.17) is 5.11 Å². The molecule has 0 radical (unpaired) electrons. The summed E-state index contributed by atoms with van der Waals surface area (Å²) in [5, 5.41) is 14.5. The van der Waals surface area contributed by atoms with Gasteiger partial charge < -0.3 is 15.7 Å². The quantitative estimate of drug-likeness (QED) is 0.785. The van der Waals surface area contributed by atoms with Gasteiger partial charge in [0.05, 0.1) is 0 Å². The van der Waals surface area contributed by atoms with Gasteiger partial charge in [-0.1, -0.05) is 22.0 Å². The first kappa shape index (κ1) is 15.3. The van der Waals surface area contributed by atoms with Gasteiger partial charge in [-0.25, -0.2) is 9.18 Å². The molecule has 0 bridgehead atoms. The highest BCUT2D eigenvalue weighted by Crippen LogP contribution is 2.20. The lowest BCUT2D eigenvalue weighted by Crippen LogP contribution is -2.41. The zero-order chi connectivity index (χ0) is 14.5. The second kappa shape index (κ2) is 7.04. The smallest absolute Gasteiger partial charge is 0.404 e. The van der Waals surface area contributed by atoms with Crippen LogP contribution < -0.4 is 10.6 Å². The number of benzene rings is 1. The van der Waals surface area contributed by atoms with E-state index in [1.807, 2.05) is 6.07 Å². The normalized spacial score (nSPS) is 22.5. The molecule has 6 heteroatoms. The summed E-state index contributed by atoms with van der Waals surface area (Å²) in [4.78, 5) is 10.6. The van der Waals surface area contributed by atoms with Gasteiger partial charge >= 0.3 is 6.09 Å². The zero-order valence-corrected chi connectivity index (χ0v) is 12.6. The maximum Gasteiger partial charge on any atom is 0.404 e. The molecule has 1 saturated carbocycles. The van der Waals surface area contributed by atoms with Crippen molar-refractivity contribution in [2.24, 2.45) is 0 Å². The largest absolute Gasteiger partial charge is 0.465 e. The average Bonchev–Trinajstić information content (AvgIpc) is 2.39. The molecule has 0 saturated heterocycles. The molecule has 1 fully saturated rings. The van der Waals surface area contributed by atoms with Crippen LogP contribution in [0.4, 0.5) is 9.18 Å². The van der Waals surface area contributed by atoms with E-state index in [0.29, 0.717) is 18.2 Å². The van der Waals surface area contributed by atoms with Crippen molar-refractivity contribution in [3.63, 3.8) is 0 Å². The Labute approximate surface area is 125 Å². The summed E-state index contributed by atoms with van der Waals surface area (Å²) < 4.78 is 14.4. The summed E-state index contributed by atoms with van der Waals surface area (Å²) in [7, 11) is 0. The highest BCUT2D eigenvalue weighted by molar-refractivity contribution is 9.10. The first-order chi connectivity index (χ1) is 9.54. The van der Waals surface area contributed by atoms with Gasteiger partial charge in [-0.3, -0.25) is 0 Å². The van der Waals surface area contributed by atoms with Gasteiger partial charge in [0, 0.05) is 28.7 Å². The minimum absolute atomic E-state index is 0.0509. The fraction of sp³-hybridized carbons (Fsp3) is 0.500. The zero-order valence-electron chi connectivity index (χ0n) is 11.0. The molecule has 1 aromatic carbocycles. The molecule has 0 unspecified atom stereocenters. The summed E-state index contributed by atoms with van der Waals surface area (Å²) in [5.41, 5.74) is 0.652. The number of rotatable bonds is 4. The summed E-state index contributed by atoms with van der Waals surface area (Å²) in [6, 6.07) is 5.43. The van der Waals surface area contributed by atoms with E-state index >= 15 is 0 Å². The lowest BCUT2D eigenvalue weighted by atomic mass is 9.91. The van der Waals surface area contributed by atoms with Crippen molar-refractivity contribution in [3.8, 4) is 0 Å². The maximum atomic E-state index is 13.7. The first-order valence-corrected chi connectivity index (χ1v) is 7.50. The highest BCUT2D eigenvalue weighted by atomic mass is 79.9. The molecule has 110 valence electrons. The molecule has 1 aliphatic carbocycles. The van der Waals surface area contributed by atoms with Crippen LogP contribution in [0.25, 0.3) is 0 Å². The van der Waals surface area contributed by atoms with E-state index in [-0.39, 0.29) is 11.9 Å². The lowest BCUT2D eigenvalue weighted by Gasteiger charge is -2.29. The van der Waals surface area contributed by atoms with Gasteiger partial charge in [0.1, 0.15) is 5.82 Å². The van der Waals surface area contributed by atoms with E-state index in [2.05, 4.69) is 26.6 Å². The third-order valence-corrected chi connectivity index (χ3v) is 4.14. The second-order valence-electron chi connectivity index (χ2n) is 5.11. The topological polar surface area (TPSA) is 61.4 Å². The average molecular weight is 345 g/mol. The Morgan fingerprint density at radius 1 is 1.30 bits per heavy atom. The number of carboxylic acid groups (broad SMARTS) is 1. The van der Waals surface area contributed by atoms with Crippen LogP contribution in [0.5, 0.6) is 0 Å². The van der Waals surface area contributed by atoms with E-state index in [1.165, 1.54) is 6.07 Å². The van der Waals surface area contributed by atoms with Crippen LogP contribution in [0, 0.1) is 5.82 Å². The van der Waals surface area contributed by atoms with Gasteiger partial charge in [-0.05, 0) is 37.8 Å². The lowest BCUT2D eigenvalue weighted by molar-refractivity contribution is 0.183. The Hall–Kier alpha value is -1.14. The second-order valence-corrected chi connectivity index (χ2v) is 6.03. The molecule has 0 aliphatic heterocycles. The molecule has 3 N–H and O–H groups in total. The van der Waals surface area contributed by atoms with Crippen LogP contribution in [-0.2, 0) is 6.54 Å². The predicted molar refractivity (Wildman–Crippen MR) is 78.1 cm³/mol. The van der Waals surface area contributed by atoms with Crippen LogP contribution in [0.3, 0.4) is 0 Å². The molecule has 20 heavy (non-hydrogen) atoms. The molecule has 0 atom stereocenters. The third kappa shape index (κ3) is 4.45. The molecular formula is C14H18BrFN2O2. The van der Waals surface area contributed by atoms with Crippen LogP contribution in [0.2, 0.25) is 0 Å². The van der Waals surface area contributed by atoms with Gasteiger partial charge in [-0.15, -0.1) is 0 Å². The van der Waals surface area contributed by atoms with E-state index < -0.39 is 6.09 Å². The maximum absolute atomic E-state index is 13.7. The Kier molecular flexibility index (Phi) is 5.37. The van der Waals surface area contributed by atoms with E-state index in [0.717, 1.165) is 30.2 Å². The Morgan fingerprint density at radius 2 is 1.95 bits per heavy atom. The van der Waals surface area contributed by atoms with Gasteiger partial charge in [0.2, 0.25) is 0 Å². The van der Waals surface area contributed by atoms with Crippen molar-refractivity contribution in [2.45, 2.75) is 44.3 Å². The van der Waals surface area contributed by atoms with Crippen molar-refractivity contribution >= 4 is 22.0 Å². The third-order valence-electron chi connectivity index (χ3n) is 3.65. The van der Waals surface area contributed by atoms with Gasteiger partial charge in [0.25, 0.3) is 0 Å². The molecule has 0 spiro atoms. The Bertz CT molecular complexity index is 476. The number of halogens is 2. The van der Waals surface area contributed by atoms with Crippen LogP contribution in [0.1, 0.15) is 31.2 Å². The summed E-state index contributed by atoms with van der Waals surface area (Å²) >= 11 is 3.23. The molecule has 1 amide bonds. The first-order valence-electron chi connectivity index (χ1n) is 6.71. The van der Waals surface area contributed by atoms with Crippen molar-refractivity contribution in [3.05, 3.63) is 34.1 Å². The van der Waals surface area contributed by atoms with Crippen molar-refractivity contribution in [2.75, 3.05) is 0 Å². The van der Waals surface area contributed by atoms with Crippen molar-refractivity contribution < 1.29 is 14.3 Å². The van der Waals surface area contributed by atoms with E-state index in [9.17, 15) is 9.18 Å². The molecule has 1 aliphatic rings. The molecule has 0 heterocycles. The summed E-state index contributed by atoms with van der Waals surface area (Å²) in [6.45, 7) is 0.501. The molecule has 4 nitrogen and oxygen atoms in total. The summed E-state index contributed by atoms with van der Waals surface area (Å²) in [6.07, 6.45) is 2.50. The fourth-order valence-corrected chi connectivity index (χ4v) is 2.87. The predicted octanol–water partition coefficient (Wildman–Crippen LogP) is 3.26. The Balaban J connectivity index is 1.77. The van der Waals surface area contributed by atoms with Gasteiger partial charge in [-0.2, -0.15) is 0 Å². The SMILES string of the molecule is O=C(O)NC1CCC(NCc2ccc(Br)cc2F)CC1. The minimum Gasteiger partial charge on any atom is -0.465 e. The number of amides is 1. The van der Waals surface area contributed by atoms with Crippen LogP contribution in [0.15, 0.2) is 22.7 Å². The molecular weight excluding hydrogens is 327 g/mol. The standard InChI is InChI=1S/C14H18BrFN2O2/c15-10-2-1-9(13(16)7-10)8-17-11-3-5-12(6-4-11)18-14(19)20/h1-2,7,11-12,17-18H,3-6,8H2,(H,19,20). The number of hydrogen-bond donors (Lipinski definition) is 3. The van der Waals surface area contributed by atoms with Crippen LogP contribution >= 0.6 is 15.9 Å². The monoisotopic (exact) mass is 344 g/mol. The van der Waals surface area contributed by atoms with Gasteiger partial charge in [0.15, 0.2) is 0 Å². The number of carbonyl (C=O) groups is 1. The summed E-state index contributed by atoms with van der Waals surface area (Å²) in [5.74, 6) is -0.215. The van der Waals surface area contributed by atoms with E-state index in [1.54, 1.807) is 6.07 Å². The molecule has 2 rings (SSSR count). The minimum atomic E-state index is -0.960. The molecule has 0 aromatic heterocycles. The highest BCUT2D eigenvalue weighted by Gasteiger charge is 2.22. The number of nitrogens with one attached hydrogen (secondary N) is 2. The molecule has 1 aromatic rings. The van der Waals surface area contributed by atoms with Crippen molar-refractivity contribution in [1.29, 1.82) is 0 Å². The fourth-order valence-electron chi connectivity index (χ4n) is 2.54. The Morgan fingerprint density at radius 3 is 2.55 bits per heavy atom. The van der Waals surface area contributed by atoms with Crippen LogP contribution in [-0.4, -0.2) is 23.3 Å². The van der Waals surface area contributed by atoms with Crippen molar-refractivity contribution in [1.82, 2.24) is 10.6 Å². The number of hydrogen-bond acceptors (Lipinski definition) is 2.